The number of rotatable bonds is 3. The molecule has 0 saturated carbocycles. The minimum Gasteiger partial charge on any atom is -0.342 e. The third-order valence-electron chi connectivity index (χ3n) is 3.79. The Kier molecular flexibility index (Phi) is 4.18. The molecule has 1 aromatic rings. The van der Waals surface area contributed by atoms with Crippen molar-refractivity contribution in [2.24, 2.45) is 0 Å². The second-order valence-corrected chi connectivity index (χ2v) is 6.36. The molecular formula is C15H19BrN2O2. The summed E-state index contributed by atoms with van der Waals surface area (Å²) in [5, 5.41) is 2.79. The molecule has 0 radical (unpaired) electrons. The quantitative estimate of drug-likeness (QED) is 0.920. The van der Waals surface area contributed by atoms with Crippen molar-refractivity contribution in [1.82, 2.24) is 10.2 Å². The number of nitrogens with zero attached hydrogens (tertiary/aromatic N) is 1. The van der Waals surface area contributed by atoms with Crippen molar-refractivity contribution in [3.63, 3.8) is 0 Å². The highest BCUT2D eigenvalue weighted by Gasteiger charge is 2.45. The molecule has 1 N–H and O–H groups in total. The highest BCUT2D eigenvalue weighted by molar-refractivity contribution is 9.10. The van der Waals surface area contributed by atoms with Gasteiger partial charge in [0.05, 0.1) is 0 Å². The van der Waals surface area contributed by atoms with Gasteiger partial charge in [0.15, 0.2) is 0 Å². The minimum atomic E-state index is -0.835. The Morgan fingerprint density at radius 3 is 2.55 bits per heavy atom. The van der Waals surface area contributed by atoms with Gasteiger partial charge in [0.2, 0.25) is 11.8 Å². The summed E-state index contributed by atoms with van der Waals surface area (Å²) in [7, 11) is 0. The van der Waals surface area contributed by atoms with Crippen LogP contribution in [0, 0.1) is 0 Å². The molecule has 1 saturated heterocycles. The largest absolute Gasteiger partial charge is 0.342 e. The van der Waals surface area contributed by atoms with Crippen molar-refractivity contribution in [3.8, 4) is 0 Å². The van der Waals surface area contributed by atoms with Crippen molar-refractivity contribution in [2.75, 3.05) is 0 Å². The second kappa shape index (κ2) is 5.56. The van der Waals surface area contributed by atoms with E-state index in [4.69, 9.17) is 0 Å². The zero-order chi connectivity index (χ0) is 14.9. The first-order valence-electron chi connectivity index (χ1n) is 6.73. The zero-order valence-electron chi connectivity index (χ0n) is 11.9. The molecule has 2 amide bonds. The molecule has 20 heavy (non-hydrogen) atoms. The van der Waals surface area contributed by atoms with E-state index in [9.17, 15) is 9.59 Å². The molecule has 1 aliphatic rings. The van der Waals surface area contributed by atoms with Crippen molar-refractivity contribution < 1.29 is 9.59 Å². The molecule has 4 nitrogen and oxygen atoms in total. The van der Waals surface area contributed by atoms with Gasteiger partial charge in [0, 0.05) is 11.0 Å². The summed E-state index contributed by atoms with van der Waals surface area (Å²) >= 11 is 3.49. The Morgan fingerprint density at radius 2 is 1.95 bits per heavy atom. The summed E-state index contributed by atoms with van der Waals surface area (Å²) < 4.78 is 0.947. The number of hydrogen-bond donors (Lipinski definition) is 1. The smallest absolute Gasteiger partial charge is 0.246 e. The summed E-state index contributed by atoms with van der Waals surface area (Å²) in [6.45, 7) is 5.89. The van der Waals surface area contributed by atoms with Crippen LogP contribution in [0.2, 0.25) is 0 Å². The van der Waals surface area contributed by atoms with Gasteiger partial charge in [0.1, 0.15) is 11.6 Å². The zero-order valence-corrected chi connectivity index (χ0v) is 13.5. The Labute approximate surface area is 127 Å². The molecule has 108 valence electrons. The molecule has 0 aliphatic carbocycles. The van der Waals surface area contributed by atoms with Gasteiger partial charge >= 0.3 is 0 Å². The molecule has 5 heteroatoms. The fraction of sp³-hybridized carbons (Fsp3) is 0.467. The summed E-state index contributed by atoms with van der Waals surface area (Å²) in [4.78, 5) is 26.4. The third kappa shape index (κ3) is 2.59. The van der Waals surface area contributed by atoms with Crippen LogP contribution < -0.4 is 5.32 Å². The predicted molar refractivity (Wildman–Crippen MR) is 81.0 cm³/mol. The van der Waals surface area contributed by atoms with Crippen LogP contribution in [0.15, 0.2) is 28.7 Å². The molecule has 1 unspecified atom stereocenters. The van der Waals surface area contributed by atoms with E-state index in [0.717, 1.165) is 10.0 Å². The minimum absolute atomic E-state index is 0.0205. The monoisotopic (exact) mass is 338 g/mol. The number of hydrogen-bond acceptors (Lipinski definition) is 2. The van der Waals surface area contributed by atoms with Crippen LogP contribution in [0.25, 0.3) is 0 Å². The molecular weight excluding hydrogens is 320 g/mol. The molecule has 0 bridgehead atoms. The Bertz CT molecular complexity index is 542. The Morgan fingerprint density at radius 1 is 1.30 bits per heavy atom. The average molecular weight is 339 g/mol. The Hall–Kier alpha value is -1.36. The third-order valence-corrected chi connectivity index (χ3v) is 4.57. The number of nitrogens with one attached hydrogen (secondary N) is 1. The highest BCUT2D eigenvalue weighted by Crippen LogP contribution is 2.27. The summed E-state index contributed by atoms with van der Waals surface area (Å²) in [6.07, 6.45) is 0.604. The van der Waals surface area contributed by atoms with Crippen LogP contribution in [0.3, 0.4) is 0 Å². The number of amides is 2. The van der Waals surface area contributed by atoms with Gasteiger partial charge in [-0.2, -0.15) is 0 Å². The lowest BCUT2D eigenvalue weighted by atomic mass is 9.94. The molecule has 2 rings (SSSR count). The molecule has 0 spiro atoms. The van der Waals surface area contributed by atoms with Crippen LogP contribution in [0.1, 0.15) is 32.8 Å². The topological polar surface area (TPSA) is 49.4 Å². The van der Waals surface area contributed by atoms with E-state index >= 15 is 0 Å². The van der Waals surface area contributed by atoms with Crippen LogP contribution in [-0.2, 0) is 16.1 Å². The first-order valence-corrected chi connectivity index (χ1v) is 7.53. The van der Waals surface area contributed by atoms with Gasteiger partial charge in [-0.1, -0.05) is 41.1 Å². The lowest BCUT2D eigenvalue weighted by molar-refractivity contribution is -0.156. The fourth-order valence-electron chi connectivity index (χ4n) is 2.33. The maximum absolute atomic E-state index is 12.5. The van der Waals surface area contributed by atoms with E-state index in [1.54, 1.807) is 18.7 Å². The van der Waals surface area contributed by atoms with E-state index in [2.05, 4.69) is 21.2 Å². The van der Waals surface area contributed by atoms with Crippen molar-refractivity contribution in [2.45, 2.75) is 45.3 Å². The summed E-state index contributed by atoms with van der Waals surface area (Å²) in [6, 6.07) is 7.34. The van der Waals surface area contributed by atoms with Gasteiger partial charge in [-0.3, -0.25) is 9.59 Å². The SMILES string of the molecule is CCC1NC(=O)C(C)(C)N(Cc2ccccc2Br)C1=O. The van der Waals surface area contributed by atoms with Crippen LogP contribution in [0.4, 0.5) is 0 Å². The van der Waals surface area contributed by atoms with Gasteiger partial charge in [-0.25, -0.2) is 0 Å². The van der Waals surface area contributed by atoms with Crippen molar-refractivity contribution >= 4 is 27.7 Å². The number of halogens is 1. The van der Waals surface area contributed by atoms with E-state index in [1.807, 2.05) is 31.2 Å². The first-order chi connectivity index (χ1) is 9.37. The Balaban J connectivity index is 2.33. The molecule has 1 aromatic carbocycles. The lowest BCUT2D eigenvalue weighted by Crippen LogP contribution is -2.67. The van der Waals surface area contributed by atoms with Crippen molar-refractivity contribution in [1.29, 1.82) is 0 Å². The van der Waals surface area contributed by atoms with Gasteiger partial charge < -0.3 is 10.2 Å². The highest BCUT2D eigenvalue weighted by atomic mass is 79.9. The van der Waals surface area contributed by atoms with E-state index in [-0.39, 0.29) is 11.8 Å². The van der Waals surface area contributed by atoms with E-state index < -0.39 is 11.6 Å². The molecule has 1 atom stereocenters. The number of carbonyl (C=O) groups excluding carboxylic acids is 2. The van der Waals surface area contributed by atoms with Crippen LogP contribution in [0.5, 0.6) is 0 Å². The maximum Gasteiger partial charge on any atom is 0.246 e. The van der Waals surface area contributed by atoms with Gasteiger partial charge in [-0.05, 0) is 31.9 Å². The van der Waals surface area contributed by atoms with Gasteiger partial charge in [-0.15, -0.1) is 0 Å². The summed E-state index contributed by atoms with van der Waals surface area (Å²) in [5.74, 6) is -0.121. The average Bonchev–Trinajstić information content (AvgIpc) is 2.41. The number of benzene rings is 1. The number of piperazine rings is 1. The van der Waals surface area contributed by atoms with Crippen molar-refractivity contribution in [3.05, 3.63) is 34.3 Å². The molecule has 1 heterocycles. The summed E-state index contributed by atoms with van der Waals surface area (Å²) in [5.41, 5.74) is 0.163. The van der Waals surface area contributed by atoms with Gasteiger partial charge in [0.25, 0.3) is 0 Å². The maximum atomic E-state index is 12.5. The van der Waals surface area contributed by atoms with Crippen LogP contribution >= 0.6 is 15.9 Å². The van der Waals surface area contributed by atoms with E-state index in [1.165, 1.54) is 0 Å². The molecule has 1 fully saturated rings. The fourth-order valence-corrected chi connectivity index (χ4v) is 2.74. The molecule has 0 aromatic heterocycles. The van der Waals surface area contributed by atoms with E-state index in [0.29, 0.717) is 13.0 Å². The normalized spacial score (nSPS) is 21.8. The van der Waals surface area contributed by atoms with Crippen LogP contribution in [-0.4, -0.2) is 28.3 Å². The predicted octanol–water partition coefficient (Wildman–Crippen LogP) is 2.46. The lowest BCUT2D eigenvalue weighted by Gasteiger charge is -2.44. The number of carbonyl (C=O) groups is 2. The second-order valence-electron chi connectivity index (χ2n) is 5.51. The standard InChI is InChI=1S/C15H19BrN2O2/c1-4-12-13(19)18(15(2,3)14(20)17-12)9-10-7-5-6-8-11(10)16/h5-8,12H,4,9H2,1-3H3,(H,17,20). The first kappa shape index (κ1) is 15.0. The molecule has 1 aliphatic heterocycles.